The number of amides is 1. The highest BCUT2D eigenvalue weighted by Gasteiger charge is 2.22. The van der Waals surface area contributed by atoms with Crippen LogP contribution in [-0.2, 0) is 13.0 Å². The third-order valence-corrected chi connectivity index (χ3v) is 3.35. The first-order valence-corrected chi connectivity index (χ1v) is 5.87. The summed E-state index contributed by atoms with van der Waals surface area (Å²) in [5.41, 5.74) is 3.40. The van der Waals surface area contributed by atoms with Crippen molar-refractivity contribution in [2.75, 3.05) is 13.6 Å². The third kappa shape index (κ3) is 1.45. The predicted octanol–water partition coefficient (Wildman–Crippen LogP) is 1.47. The number of fused-ring (bicyclic) bond motifs is 3. The summed E-state index contributed by atoms with van der Waals surface area (Å²) in [6, 6.07) is 8.03. The zero-order chi connectivity index (χ0) is 11.8. The molecule has 1 amide bonds. The van der Waals surface area contributed by atoms with Crippen LogP contribution in [0.5, 0.6) is 0 Å². The van der Waals surface area contributed by atoms with Gasteiger partial charge >= 0.3 is 6.03 Å². The molecule has 0 atom stereocenters. The Bertz CT molecular complexity index is 586. The van der Waals surface area contributed by atoms with E-state index in [1.54, 1.807) is 11.6 Å². The highest BCUT2D eigenvalue weighted by molar-refractivity contribution is 5.95. The molecule has 17 heavy (non-hydrogen) atoms. The molecule has 0 bridgehead atoms. The maximum atomic E-state index is 12.0. The van der Waals surface area contributed by atoms with Crippen molar-refractivity contribution in [2.24, 2.45) is 0 Å². The molecule has 0 fully saturated rings. The van der Waals surface area contributed by atoms with E-state index >= 15 is 0 Å². The van der Waals surface area contributed by atoms with Crippen LogP contribution in [0.25, 0.3) is 10.9 Å². The molecule has 1 aromatic heterocycles. The summed E-state index contributed by atoms with van der Waals surface area (Å²) >= 11 is 0. The number of rotatable bonds is 0. The molecule has 2 N–H and O–H groups in total. The number of hydrogen-bond acceptors (Lipinski definition) is 2. The highest BCUT2D eigenvalue weighted by atomic mass is 16.2. The lowest BCUT2D eigenvalue weighted by Gasteiger charge is -2.15. The number of nitrogens with one attached hydrogen (secondary N) is 2. The molecule has 3 rings (SSSR count). The zero-order valence-corrected chi connectivity index (χ0v) is 9.79. The minimum absolute atomic E-state index is 0.0638. The van der Waals surface area contributed by atoms with Crippen LogP contribution in [0, 0.1) is 0 Å². The van der Waals surface area contributed by atoms with Crippen LogP contribution in [0.15, 0.2) is 24.3 Å². The molecular weight excluding hydrogens is 214 g/mol. The van der Waals surface area contributed by atoms with E-state index in [4.69, 9.17) is 0 Å². The Labute approximate surface area is 99.6 Å². The zero-order valence-electron chi connectivity index (χ0n) is 9.79. The van der Waals surface area contributed by atoms with Crippen LogP contribution < -0.4 is 10.6 Å². The first kappa shape index (κ1) is 10.4. The second-order valence-electron chi connectivity index (χ2n) is 4.26. The van der Waals surface area contributed by atoms with Crippen molar-refractivity contribution in [3.63, 3.8) is 0 Å². The highest BCUT2D eigenvalue weighted by Crippen LogP contribution is 2.28. The van der Waals surface area contributed by atoms with E-state index in [0.29, 0.717) is 0 Å². The summed E-state index contributed by atoms with van der Waals surface area (Å²) < 4.78 is 1.79. The van der Waals surface area contributed by atoms with Gasteiger partial charge in [0.2, 0.25) is 0 Å². The molecular formula is C13H15N3O. The van der Waals surface area contributed by atoms with Crippen molar-refractivity contribution >= 4 is 16.9 Å². The predicted molar refractivity (Wildman–Crippen MR) is 67.2 cm³/mol. The standard InChI is InChI=1S/C13H15N3O/c1-14-13(17)16-11-5-3-2-4-9(11)10-6-7-15-8-12(10)16/h2-5,15H,6-8H2,1H3,(H,14,17). The maximum absolute atomic E-state index is 12.0. The lowest BCUT2D eigenvalue weighted by atomic mass is 10.1. The second-order valence-corrected chi connectivity index (χ2v) is 4.26. The molecule has 2 heterocycles. The van der Waals surface area contributed by atoms with E-state index in [9.17, 15) is 4.79 Å². The Kier molecular flexibility index (Phi) is 2.37. The fourth-order valence-corrected chi connectivity index (χ4v) is 2.59. The molecule has 88 valence electrons. The maximum Gasteiger partial charge on any atom is 0.326 e. The average Bonchev–Trinajstić information content (AvgIpc) is 2.72. The van der Waals surface area contributed by atoms with Crippen LogP contribution in [-0.4, -0.2) is 24.2 Å². The van der Waals surface area contributed by atoms with Gasteiger partial charge in [0.1, 0.15) is 0 Å². The van der Waals surface area contributed by atoms with Gasteiger partial charge in [0.25, 0.3) is 0 Å². The normalized spacial score (nSPS) is 14.6. The van der Waals surface area contributed by atoms with Gasteiger partial charge in [-0.1, -0.05) is 18.2 Å². The summed E-state index contributed by atoms with van der Waals surface area (Å²) in [6.45, 7) is 1.74. The van der Waals surface area contributed by atoms with Gasteiger partial charge in [-0.05, 0) is 24.6 Å². The monoisotopic (exact) mass is 229 g/mol. The summed E-state index contributed by atoms with van der Waals surface area (Å²) in [4.78, 5) is 12.0. The molecule has 2 aromatic rings. The Morgan fingerprint density at radius 1 is 1.41 bits per heavy atom. The summed E-state index contributed by atoms with van der Waals surface area (Å²) in [6.07, 6.45) is 0.986. The van der Waals surface area contributed by atoms with Crippen molar-refractivity contribution in [3.8, 4) is 0 Å². The SMILES string of the molecule is CNC(=O)n1c2c(c3ccccc31)CCNC2. The fourth-order valence-electron chi connectivity index (χ4n) is 2.59. The van der Waals surface area contributed by atoms with Crippen molar-refractivity contribution in [1.29, 1.82) is 0 Å². The Morgan fingerprint density at radius 3 is 3.06 bits per heavy atom. The smallest absolute Gasteiger partial charge is 0.326 e. The molecule has 0 unspecified atom stereocenters. The minimum Gasteiger partial charge on any atom is -0.340 e. The molecule has 4 nitrogen and oxygen atoms in total. The quantitative estimate of drug-likeness (QED) is 0.718. The number of carbonyl (C=O) groups is 1. The topological polar surface area (TPSA) is 46.1 Å². The average molecular weight is 229 g/mol. The van der Waals surface area contributed by atoms with Gasteiger partial charge in [-0.25, -0.2) is 4.79 Å². The van der Waals surface area contributed by atoms with Gasteiger partial charge in [0, 0.05) is 24.7 Å². The lowest BCUT2D eigenvalue weighted by molar-refractivity contribution is 0.244. The third-order valence-electron chi connectivity index (χ3n) is 3.35. The van der Waals surface area contributed by atoms with Crippen LogP contribution in [0.3, 0.4) is 0 Å². The molecule has 0 saturated carbocycles. The Morgan fingerprint density at radius 2 is 2.24 bits per heavy atom. The molecule has 1 aliphatic heterocycles. The minimum atomic E-state index is -0.0638. The van der Waals surface area contributed by atoms with Gasteiger partial charge in [0.05, 0.1) is 5.52 Å². The van der Waals surface area contributed by atoms with Gasteiger partial charge < -0.3 is 10.6 Å². The number of hydrogen-bond donors (Lipinski definition) is 2. The molecule has 1 aromatic carbocycles. The van der Waals surface area contributed by atoms with E-state index in [2.05, 4.69) is 16.7 Å². The second kappa shape index (κ2) is 3.89. The van der Waals surface area contributed by atoms with Gasteiger partial charge in [-0.3, -0.25) is 4.57 Å². The van der Waals surface area contributed by atoms with Crippen molar-refractivity contribution in [2.45, 2.75) is 13.0 Å². The fraction of sp³-hybridized carbons (Fsp3) is 0.308. The molecule has 0 aliphatic carbocycles. The van der Waals surface area contributed by atoms with Crippen LogP contribution >= 0.6 is 0 Å². The summed E-state index contributed by atoms with van der Waals surface area (Å²) in [5.74, 6) is 0. The Hall–Kier alpha value is -1.81. The number of nitrogens with zero attached hydrogens (tertiary/aromatic N) is 1. The van der Waals surface area contributed by atoms with E-state index in [1.807, 2.05) is 18.2 Å². The van der Waals surface area contributed by atoms with Crippen molar-refractivity contribution < 1.29 is 4.79 Å². The van der Waals surface area contributed by atoms with Gasteiger partial charge in [0.15, 0.2) is 0 Å². The van der Waals surface area contributed by atoms with Crippen LogP contribution in [0.1, 0.15) is 11.3 Å². The first-order chi connectivity index (χ1) is 8.33. The van der Waals surface area contributed by atoms with E-state index in [1.165, 1.54) is 10.9 Å². The number of para-hydroxylation sites is 1. The summed E-state index contributed by atoms with van der Waals surface area (Å²) in [7, 11) is 1.67. The molecule has 1 aliphatic rings. The molecule has 0 spiro atoms. The van der Waals surface area contributed by atoms with E-state index < -0.39 is 0 Å². The van der Waals surface area contributed by atoms with Crippen LogP contribution in [0.4, 0.5) is 4.79 Å². The number of benzene rings is 1. The van der Waals surface area contributed by atoms with Crippen molar-refractivity contribution in [1.82, 2.24) is 15.2 Å². The van der Waals surface area contributed by atoms with Crippen LogP contribution in [0.2, 0.25) is 0 Å². The first-order valence-electron chi connectivity index (χ1n) is 5.87. The molecule has 0 saturated heterocycles. The summed E-state index contributed by atoms with van der Waals surface area (Å²) in [5, 5.41) is 7.23. The van der Waals surface area contributed by atoms with E-state index in [0.717, 1.165) is 30.7 Å². The number of carbonyl (C=O) groups excluding carboxylic acids is 1. The van der Waals surface area contributed by atoms with Gasteiger partial charge in [-0.2, -0.15) is 0 Å². The van der Waals surface area contributed by atoms with Crippen molar-refractivity contribution in [3.05, 3.63) is 35.5 Å². The largest absolute Gasteiger partial charge is 0.340 e. The van der Waals surface area contributed by atoms with E-state index in [-0.39, 0.29) is 6.03 Å². The lowest BCUT2D eigenvalue weighted by Crippen LogP contribution is -2.31. The van der Waals surface area contributed by atoms with Gasteiger partial charge in [-0.15, -0.1) is 0 Å². The molecule has 0 radical (unpaired) electrons. The molecule has 4 heteroatoms. The number of aromatic nitrogens is 1. The Balaban J connectivity index is 2.35.